The third-order valence-electron chi connectivity index (χ3n) is 6.33. The van der Waals surface area contributed by atoms with E-state index in [4.69, 9.17) is 25.5 Å². The van der Waals surface area contributed by atoms with Crippen LogP contribution < -0.4 is 10.1 Å². The van der Waals surface area contributed by atoms with Crippen LogP contribution in [0.15, 0.2) is 83.3 Å². The molecule has 194 valence electrons. The molecule has 2 N–H and O–H groups in total. The van der Waals surface area contributed by atoms with Gasteiger partial charge in [-0.05, 0) is 46.5 Å². The van der Waals surface area contributed by atoms with Gasteiger partial charge in [0.2, 0.25) is 0 Å². The van der Waals surface area contributed by atoms with Crippen molar-refractivity contribution in [3.05, 3.63) is 112 Å². The summed E-state index contributed by atoms with van der Waals surface area (Å²) in [5.41, 5.74) is 4.32. The highest BCUT2D eigenvalue weighted by molar-refractivity contribution is 6.30. The van der Waals surface area contributed by atoms with Crippen LogP contribution in [0.25, 0.3) is 11.1 Å². The first kappa shape index (κ1) is 25.4. The van der Waals surface area contributed by atoms with E-state index in [0.29, 0.717) is 17.3 Å². The van der Waals surface area contributed by atoms with Gasteiger partial charge in [-0.1, -0.05) is 60.1 Å². The van der Waals surface area contributed by atoms with Crippen LogP contribution in [0.5, 0.6) is 5.75 Å². The summed E-state index contributed by atoms with van der Waals surface area (Å²) in [5.74, 6) is -0.802. The molecule has 0 saturated carbocycles. The van der Waals surface area contributed by atoms with Crippen LogP contribution in [-0.2, 0) is 22.6 Å². The Morgan fingerprint density at radius 1 is 0.974 bits per heavy atom. The number of nitrogens with one attached hydrogen (secondary N) is 1. The second-order valence-electron chi connectivity index (χ2n) is 8.80. The van der Waals surface area contributed by atoms with Crippen molar-refractivity contribution in [1.82, 2.24) is 5.32 Å². The fraction of sp³-hybridized carbons (Fsp3) is 0.172. The van der Waals surface area contributed by atoms with Crippen molar-refractivity contribution in [2.24, 2.45) is 0 Å². The maximum Gasteiger partial charge on any atom is 0.407 e. The van der Waals surface area contributed by atoms with Crippen LogP contribution in [0.2, 0.25) is 5.02 Å². The SMILES string of the molecule is O=C(NC(Cc1ccc(COc2ccc(F)c(Cl)c2)o1)C(=O)O)OCC1c2ccccc2-c2ccccc21. The molecule has 1 unspecified atom stereocenters. The number of aliphatic carboxylic acids is 1. The van der Waals surface area contributed by atoms with Crippen molar-refractivity contribution >= 4 is 23.7 Å². The fourth-order valence-corrected chi connectivity index (χ4v) is 4.68. The second kappa shape index (κ2) is 11.0. The molecule has 0 radical (unpaired) electrons. The molecule has 1 aliphatic rings. The van der Waals surface area contributed by atoms with Gasteiger partial charge >= 0.3 is 12.1 Å². The molecule has 1 heterocycles. The molecule has 1 amide bonds. The van der Waals surface area contributed by atoms with Gasteiger partial charge in [-0.25, -0.2) is 14.0 Å². The lowest BCUT2D eigenvalue weighted by Gasteiger charge is -2.17. The van der Waals surface area contributed by atoms with E-state index >= 15 is 0 Å². The molecular formula is C29H23ClFNO6. The van der Waals surface area contributed by atoms with Gasteiger partial charge in [-0.15, -0.1) is 0 Å². The molecule has 1 aliphatic carbocycles. The van der Waals surface area contributed by atoms with Crippen LogP contribution in [-0.4, -0.2) is 29.8 Å². The molecule has 1 atom stereocenters. The summed E-state index contributed by atoms with van der Waals surface area (Å²) >= 11 is 5.75. The number of amides is 1. The third-order valence-corrected chi connectivity index (χ3v) is 6.62. The largest absolute Gasteiger partial charge is 0.486 e. The van der Waals surface area contributed by atoms with Crippen LogP contribution in [0, 0.1) is 5.82 Å². The third kappa shape index (κ3) is 5.50. The highest BCUT2D eigenvalue weighted by Gasteiger charge is 2.30. The molecular weight excluding hydrogens is 513 g/mol. The van der Waals surface area contributed by atoms with E-state index in [9.17, 15) is 19.1 Å². The van der Waals surface area contributed by atoms with Gasteiger partial charge in [0.25, 0.3) is 0 Å². The number of benzene rings is 3. The van der Waals surface area contributed by atoms with Gasteiger partial charge in [-0.2, -0.15) is 0 Å². The fourth-order valence-electron chi connectivity index (χ4n) is 4.51. The second-order valence-corrected chi connectivity index (χ2v) is 9.20. The summed E-state index contributed by atoms with van der Waals surface area (Å²) in [7, 11) is 0. The normalized spacial score (nSPS) is 12.9. The van der Waals surface area contributed by atoms with E-state index in [1.807, 2.05) is 48.5 Å². The number of carbonyl (C=O) groups excluding carboxylic acids is 1. The molecule has 0 aliphatic heterocycles. The summed E-state index contributed by atoms with van der Waals surface area (Å²) in [4.78, 5) is 24.4. The number of halogens is 2. The van der Waals surface area contributed by atoms with E-state index < -0.39 is 23.9 Å². The van der Waals surface area contributed by atoms with E-state index in [2.05, 4.69) is 5.32 Å². The Bertz CT molecular complexity index is 1440. The van der Waals surface area contributed by atoms with E-state index in [1.54, 1.807) is 12.1 Å². The lowest BCUT2D eigenvalue weighted by molar-refractivity contribution is -0.139. The highest BCUT2D eigenvalue weighted by Crippen LogP contribution is 2.44. The average Bonchev–Trinajstić information content (AvgIpc) is 3.50. The summed E-state index contributed by atoms with van der Waals surface area (Å²) in [5, 5.41) is 12.0. The first-order chi connectivity index (χ1) is 18.4. The Kier molecular flexibility index (Phi) is 7.33. The molecule has 0 fully saturated rings. The summed E-state index contributed by atoms with van der Waals surface area (Å²) < 4.78 is 30.0. The van der Waals surface area contributed by atoms with Crippen molar-refractivity contribution in [3.8, 4) is 16.9 Å². The van der Waals surface area contributed by atoms with Crippen molar-refractivity contribution in [1.29, 1.82) is 0 Å². The van der Waals surface area contributed by atoms with E-state index in [-0.39, 0.29) is 30.6 Å². The molecule has 3 aromatic carbocycles. The van der Waals surface area contributed by atoms with Crippen LogP contribution in [0.4, 0.5) is 9.18 Å². The number of fused-ring (bicyclic) bond motifs is 3. The van der Waals surface area contributed by atoms with Gasteiger partial charge in [0.1, 0.15) is 42.3 Å². The van der Waals surface area contributed by atoms with Crippen molar-refractivity contribution in [2.45, 2.75) is 25.0 Å². The van der Waals surface area contributed by atoms with Crippen molar-refractivity contribution in [2.75, 3.05) is 6.61 Å². The van der Waals surface area contributed by atoms with Gasteiger partial charge in [0, 0.05) is 18.4 Å². The first-order valence-electron chi connectivity index (χ1n) is 11.9. The van der Waals surface area contributed by atoms with Crippen LogP contribution in [0.1, 0.15) is 28.6 Å². The van der Waals surface area contributed by atoms with Gasteiger partial charge < -0.3 is 24.3 Å². The number of furan rings is 1. The lowest BCUT2D eigenvalue weighted by Crippen LogP contribution is -2.42. The number of rotatable bonds is 9. The van der Waals surface area contributed by atoms with Gasteiger partial charge in [-0.3, -0.25) is 0 Å². The number of ether oxygens (including phenoxy) is 2. The Morgan fingerprint density at radius 2 is 1.63 bits per heavy atom. The van der Waals surface area contributed by atoms with Gasteiger partial charge in [0.15, 0.2) is 0 Å². The minimum Gasteiger partial charge on any atom is -0.486 e. The molecule has 38 heavy (non-hydrogen) atoms. The maximum absolute atomic E-state index is 13.3. The number of hydrogen-bond donors (Lipinski definition) is 2. The van der Waals surface area contributed by atoms with Crippen LogP contribution >= 0.6 is 11.6 Å². The predicted octanol–water partition coefficient (Wildman–Crippen LogP) is 6.19. The smallest absolute Gasteiger partial charge is 0.407 e. The zero-order valence-electron chi connectivity index (χ0n) is 20.0. The zero-order chi connectivity index (χ0) is 26.6. The molecule has 5 rings (SSSR count). The molecule has 0 saturated heterocycles. The number of carboxylic acid groups (broad SMARTS) is 1. The maximum atomic E-state index is 13.3. The zero-order valence-corrected chi connectivity index (χ0v) is 20.8. The molecule has 0 bridgehead atoms. The molecule has 1 aromatic heterocycles. The number of carbonyl (C=O) groups is 2. The quantitative estimate of drug-likeness (QED) is 0.265. The Morgan fingerprint density at radius 3 is 2.29 bits per heavy atom. The van der Waals surface area contributed by atoms with E-state index in [1.165, 1.54) is 18.2 Å². The average molecular weight is 536 g/mol. The standard InChI is InChI=1S/C29H23ClFNO6/c30-25-13-17(11-12-26(25)31)36-15-19-10-9-18(38-19)14-27(28(33)34)32-29(35)37-16-24-22-7-3-1-5-20(22)21-6-2-4-8-23(21)24/h1-13,24,27H,14-16H2,(H,32,35)(H,33,34). The first-order valence-corrected chi connectivity index (χ1v) is 12.3. The lowest BCUT2D eigenvalue weighted by atomic mass is 9.98. The molecule has 9 heteroatoms. The minimum absolute atomic E-state index is 0.0273. The Balaban J connectivity index is 1.17. The Hall–Kier alpha value is -4.30. The predicted molar refractivity (Wildman–Crippen MR) is 138 cm³/mol. The molecule has 0 spiro atoms. The number of hydrogen-bond acceptors (Lipinski definition) is 5. The molecule has 4 aromatic rings. The summed E-state index contributed by atoms with van der Waals surface area (Å²) in [6, 6.07) is 21.8. The van der Waals surface area contributed by atoms with Crippen molar-refractivity contribution < 1.29 is 33.0 Å². The Labute approximate surface area is 222 Å². The number of carboxylic acids is 1. The highest BCUT2D eigenvalue weighted by atomic mass is 35.5. The van der Waals surface area contributed by atoms with Crippen LogP contribution in [0.3, 0.4) is 0 Å². The number of alkyl carbamates (subject to hydrolysis) is 1. The van der Waals surface area contributed by atoms with Crippen molar-refractivity contribution in [3.63, 3.8) is 0 Å². The summed E-state index contributed by atoms with van der Waals surface area (Å²) in [6.07, 6.45) is -0.926. The van der Waals surface area contributed by atoms with Gasteiger partial charge in [0.05, 0.1) is 5.02 Å². The minimum atomic E-state index is -1.26. The molecule has 7 nitrogen and oxygen atoms in total. The topological polar surface area (TPSA) is 98.0 Å². The summed E-state index contributed by atoms with van der Waals surface area (Å²) in [6.45, 7) is 0.0986. The van der Waals surface area contributed by atoms with E-state index in [0.717, 1.165) is 22.3 Å². The monoisotopic (exact) mass is 535 g/mol.